The van der Waals surface area contributed by atoms with Crippen molar-refractivity contribution in [2.45, 2.75) is 13.0 Å². The van der Waals surface area contributed by atoms with E-state index in [9.17, 15) is 19.5 Å². The second kappa shape index (κ2) is 8.83. The summed E-state index contributed by atoms with van der Waals surface area (Å²) < 4.78 is 10.7. The molecule has 1 saturated heterocycles. The molecule has 1 aliphatic heterocycles. The van der Waals surface area contributed by atoms with Crippen molar-refractivity contribution in [3.05, 3.63) is 74.0 Å². The molecule has 0 bridgehead atoms. The minimum atomic E-state index is -0.699. The van der Waals surface area contributed by atoms with Gasteiger partial charge in [0.1, 0.15) is 17.1 Å². The van der Waals surface area contributed by atoms with Gasteiger partial charge >= 0.3 is 0 Å². The molecular weight excluding hydrogens is 438 g/mol. The Bertz CT molecular complexity index is 1290. The first-order valence-corrected chi connectivity index (χ1v) is 10.8. The Morgan fingerprint density at radius 2 is 1.74 bits per heavy atom. The highest BCUT2D eigenvalue weighted by molar-refractivity contribution is 5.99. The van der Waals surface area contributed by atoms with E-state index in [1.807, 2.05) is 31.2 Å². The summed E-state index contributed by atoms with van der Waals surface area (Å²) in [5.41, 5.74) is -0.335. The van der Waals surface area contributed by atoms with Gasteiger partial charge in [0.25, 0.3) is 16.8 Å². The van der Waals surface area contributed by atoms with Gasteiger partial charge in [-0.1, -0.05) is 25.1 Å². The van der Waals surface area contributed by atoms with Crippen LogP contribution in [0.3, 0.4) is 0 Å². The maximum absolute atomic E-state index is 12.5. The monoisotopic (exact) mass is 465 g/mol. The van der Waals surface area contributed by atoms with Crippen molar-refractivity contribution in [1.29, 1.82) is 0 Å². The van der Waals surface area contributed by atoms with Crippen LogP contribution in [0, 0.1) is 5.41 Å². The zero-order valence-corrected chi connectivity index (χ0v) is 19.5. The van der Waals surface area contributed by atoms with Gasteiger partial charge in [0.05, 0.1) is 37.6 Å². The lowest BCUT2D eigenvalue weighted by molar-refractivity contribution is -0.112. The molecule has 0 aromatic heterocycles. The molecule has 3 aromatic rings. The second-order valence-electron chi connectivity index (χ2n) is 8.93. The molecule has 34 heavy (non-hydrogen) atoms. The van der Waals surface area contributed by atoms with Crippen LogP contribution in [0.2, 0.25) is 0 Å². The van der Waals surface area contributed by atoms with E-state index in [4.69, 9.17) is 9.47 Å². The zero-order valence-electron chi connectivity index (χ0n) is 19.5. The SMILES string of the molecule is COc1ccc(C(Nc2c(Nc3cccc(C(=O)N(C)C)c3O)c(=O)c2=O)C2(C)COC2)cc1. The Labute approximate surface area is 196 Å². The summed E-state index contributed by atoms with van der Waals surface area (Å²) in [5, 5.41) is 16.7. The number of aromatic hydroxyl groups is 1. The number of carbonyl (C=O) groups excluding carboxylic acids is 1. The number of nitrogens with zero attached hydrogens (tertiary/aromatic N) is 1. The smallest absolute Gasteiger partial charge is 0.257 e. The fourth-order valence-electron chi connectivity index (χ4n) is 4.03. The first-order chi connectivity index (χ1) is 16.2. The molecule has 178 valence electrons. The van der Waals surface area contributed by atoms with Gasteiger partial charge in [-0.05, 0) is 29.8 Å². The molecule has 1 fully saturated rings. The normalized spacial score (nSPS) is 15.3. The quantitative estimate of drug-likeness (QED) is 0.343. The number of rotatable bonds is 8. The first-order valence-electron chi connectivity index (χ1n) is 10.8. The largest absolute Gasteiger partial charge is 0.505 e. The molecule has 1 amide bonds. The van der Waals surface area contributed by atoms with Gasteiger partial charge in [-0.3, -0.25) is 14.4 Å². The summed E-state index contributed by atoms with van der Waals surface area (Å²) in [6.45, 7) is 3.02. The van der Waals surface area contributed by atoms with Gasteiger partial charge in [-0.25, -0.2) is 0 Å². The summed E-state index contributed by atoms with van der Waals surface area (Å²) in [6.07, 6.45) is 0. The molecule has 1 atom stereocenters. The second-order valence-corrected chi connectivity index (χ2v) is 8.93. The van der Waals surface area contributed by atoms with Crippen molar-refractivity contribution in [2.75, 3.05) is 45.1 Å². The molecule has 0 saturated carbocycles. The molecule has 3 aromatic carbocycles. The third kappa shape index (κ3) is 3.99. The van der Waals surface area contributed by atoms with Gasteiger partial charge < -0.3 is 30.1 Å². The van der Waals surface area contributed by atoms with Crippen LogP contribution in [0.15, 0.2) is 52.1 Å². The summed E-state index contributed by atoms with van der Waals surface area (Å²) >= 11 is 0. The van der Waals surface area contributed by atoms with Gasteiger partial charge in [0, 0.05) is 19.5 Å². The van der Waals surface area contributed by atoms with Crippen LogP contribution in [-0.2, 0) is 4.74 Å². The summed E-state index contributed by atoms with van der Waals surface area (Å²) in [6, 6.07) is 11.8. The third-order valence-corrected chi connectivity index (χ3v) is 6.14. The van der Waals surface area contributed by atoms with E-state index < -0.39 is 10.9 Å². The van der Waals surface area contributed by atoms with Crippen LogP contribution in [0.5, 0.6) is 11.5 Å². The lowest BCUT2D eigenvalue weighted by Gasteiger charge is -2.45. The highest BCUT2D eigenvalue weighted by Gasteiger charge is 2.43. The molecule has 1 heterocycles. The molecule has 1 unspecified atom stereocenters. The van der Waals surface area contributed by atoms with Crippen LogP contribution in [-0.4, -0.2) is 50.3 Å². The van der Waals surface area contributed by atoms with Crippen molar-refractivity contribution in [3.8, 4) is 11.5 Å². The van der Waals surface area contributed by atoms with Crippen LogP contribution in [0.1, 0.15) is 28.9 Å². The fraction of sp³-hybridized carbons (Fsp3) is 0.320. The number of benzene rings is 2. The fourth-order valence-corrected chi connectivity index (χ4v) is 4.03. The Morgan fingerprint density at radius 3 is 2.29 bits per heavy atom. The topological polar surface area (TPSA) is 117 Å². The predicted octanol–water partition coefficient (Wildman–Crippen LogP) is 2.63. The van der Waals surface area contributed by atoms with Crippen LogP contribution in [0.4, 0.5) is 17.1 Å². The van der Waals surface area contributed by atoms with E-state index in [-0.39, 0.29) is 45.7 Å². The third-order valence-electron chi connectivity index (χ3n) is 6.14. The Hall–Kier alpha value is -3.85. The number of para-hydroxylation sites is 1. The number of amides is 1. The standard InChI is InChI=1S/C25H27N3O6/c1-25(12-34-13-25)23(14-8-10-15(33-4)11-9-14)27-19-18(21(30)22(19)31)26-17-7-5-6-16(20(17)29)24(32)28(2)3/h5-11,23,26-27,29H,12-13H2,1-4H3. The van der Waals surface area contributed by atoms with Crippen LogP contribution < -0.4 is 26.2 Å². The molecule has 1 aliphatic rings. The van der Waals surface area contributed by atoms with Crippen LogP contribution in [0.25, 0.3) is 0 Å². The minimum absolute atomic E-state index is 0.0390. The molecule has 0 spiro atoms. The number of methoxy groups -OCH3 is 1. The maximum atomic E-state index is 12.5. The van der Waals surface area contributed by atoms with Gasteiger partial charge in [0.2, 0.25) is 0 Å². The number of hydrogen-bond acceptors (Lipinski definition) is 8. The summed E-state index contributed by atoms with van der Waals surface area (Å²) in [5.74, 6) is 0.0184. The van der Waals surface area contributed by atoms with Crippen molar-refractivity contribution in [3.63, 3.8) is 0 Å². The molecular formula is C25H27N3O6. The van der Waals surface area contributed by atoms with E-state index in [1.54, 1.807) is 27.3 Å². The number of ether oxygens (including phenoxy) is 2. The van der Waals surface area contributed by atoms with Crippen molar-refractivity contribution < 1.29 is 19.4 Å². The zero-order chi connectivity index (χ0) is 24.6. The van der Waals surface area contributed by atoms with E-state index in [2.05, 4.69) is 10.6 Å². The molecule has 9 nitrogen and oxygen atoms in total. The lowest BCUT2D eigenvalue weighted by Crippen LogP contribution is -2.49. The molecule has 9 heteroatoms. The highest BCUT2D eigenvalue weighted by Crippen LogP contribution is 2.43. The first kappa shape index (κ1) is 23.3. The van der Waals surface area contributed by atoms with Crippen molar-refractivity contribution >= 4 is 23.0 Å². The average Bonchev–Trinajstić information content (AvgIpc) is 2.82. The summed E-state index contributed by atoms with van der Waals surface area (Å²) in [7, 11) is 4.74. The lowest BCUT2D eigenvalue weighted by atomic mass is 9.76. The number of carbonyl (C=O) groups is 1. The number of phenols is 1. The Balaban J connectivity index is 1.66. The van der Waals surface area contributed by atoms with Crippen molar-refractivity contribution in [2.24, 2.45) is 5.41 Å². The van der Waals surface area contributed by atoms with E-state index in [1.165, 1.54) is 17.0 Å². The van der Waals surface area contributed by atoms with Gasteiger partial charge in [0.15, 0.2) is 5.75 Å². The average molecular weight is 466 g/mol. The van der Waals surface area contributed by atoms with E-state index in [0.29, 0.717) is 19.0 Å². The number of phenolic OH excluding ortho intramolecular Hbond substituents is 1. The van der Waals surface area contributed by atoms with Gasteiger partial charge in [-0.2, -0.15) is 0 Å². The number of hydrogen-bond donors (Lipinski definition) is 3. The Kier molecular flexibility index (Phi) is 6.05. The van der Waals surface area contributed by atoms with Gasteiger partial charge in [-0.15, -0.1) is 0 Å². The molecule has 0 radical (unpaired) electrons. The van der Waals surface area contributed by atoms with E-state index in [0.717, 1.165) is 5.56 Å². The minimum Gasteiger partial charge on any atom is -0.505 e. The van der Waals surface area contributed by atoms with Crippen molar-refractivity contribution in [1.82, 2.24) is 4.90 Å². The molecule has 4 rings (SSSR count). The predicted molar refractivity (Wildman–Crippen MR) is 129 cm³/mol. The maximum Gasteiger partial charge on any atom is 0.257 e. The molecule has 3 N–H and O–H groups in total. The Morgan fingerprint density at radius 1 is 1.09 bits per heavy atom. The molecule has 0 aliphatic carbocycles. The highest BCUT2D eigenvalue weighted by atomic mass is 16.5. The number of nitrogens with one attached hydrogen (secondary N) is 2. The summed E-state index contributed by atoms with van der Waals surface area (Å²) in [4.78, 5) is 38.6. The van der Waals surface area contributed by atoms with E-state index >= 15 is 0 Å². The van der Waals surface area contributed by atoms with Crippen LogP contribution >= 0.6 is 0 Å². The number of anilines is 3.